The van der Waals surface area contributed by atoms with Gasteiger partial charge in [-0.15, -0.1) is 0 Å². The van der Waals surface area contributed by atoms with Gasteiger partial charge in [0.2, 0.25) is 0 Å². The van der Waals surface area contributed by atoms with Crippen LogP contribution in [0.15, 0.2) is 59.6 Å². The standard InChI is InChI=1S/C21H22N2O2S/c1-26(25)17-8-6-16(7-9-17)21(24)23-12-10-15(11-13-23)19-14-22-20-5-3-2-4-18(19)20/h2-9,14-15,22H,10-13H2,1H3. The monoisotopic (exact) mass is 366 g/mol. The lowest BCUT2D eigenvalue weighted by atomic mass is 9.89. The predicted octanol–water partition coefficient (Wildman–Crippen LogP) is 3.93. The van der Waals surface area contributed by atoms with E-state index in [-0.39, 0.29) is 5.91 Å². The van der Waals surface area contributed by atoms with E-state index in [9.17, 15) is 9.00 Å². The molecule has 4 nitrogen and oxygen atoms in total. The molecular formula is C21H22N2O2S. The summed E-state index contributed by atoms with van der Waals surface area (Å²) in [6, 6.07) is 15.5. The number of aromatic amines is 1. The molecule has 1 amide bonds. The summed E-state index contributed by atoms with van der Waals surface area (Å²) in [5.74, 6) is 0.552. The number of amides is 1. The number of carbonyl (C=O) groups is 1. The summed E-state index contributed by atoms with van der Waals surface area (Å²) in [7, 11) is -1.02. The van der Waals surface area contributed by atoms with E-state index in [0.29, 0.717) is 11.5 Å². The lowest BCUT2D eigenvalue weighted by molar-refractivity contribution is 0.0713. The van der Waals surface area contributed by atoms with Crippen molar-refractivity contribution in [3.05, 3.63) is 65.9 Å². The van der Waals surface area contributed by atoms with Crippen LogP contribution in [-0.4, -0.2) is 39.3 Å². The molecule has 0 bridgehead atoms. The number of para-hydroxylation sites is 1. The van der Waals surface area contributed by atoms with E-state index in [0.717, 1.165) is 30.8 Å². The van der Waals surface area contributed by atoms with Gasteiger partial charge >= 0.3 is 0 Å². The van der Waals surface area contributed by atoms with Crippen molar-refractivity contribution in [3.8, 4) is 0 Å². The fourth-order valence-corrected chi connectivity index (χ4v) is 4.32. The van der Waals surface area contributed by atoms with Crippen molar-refractivity contribution in [1.29, 1.82) is 0 Å². The molecule has 1 aliphatic heterocycles. The second-order valence-electron chi connectivity index (χ2n) is 6.83. The number of rotatable bonds is 3. The first-order valence-electron chi connectivity index (χ1n) is 8.92. The van der Waals surface area contributed by atoms with E-state index < -0.39 is 10.8 Å². The summed E-state index contributed by atoms with van der Waals surface area (Å²) >= 11 is 0. The van der Waals surface area contributed by atoms with Gasteiger partial charge in [0.25, 0.3) is 5.91 Å². The van der Waals surface area contributed by atoms with Crippen LogP contribution in [0.2, 0.25) is 0 Å². The molecule has 2 aromatic carbocycles. The van der Waals surface area contributed by atoms with Crippen LogP contribution >= 0.6 is 0 Å². The third-order valence-corrected chi connectivity index (χ3v) is 6.21. The molecular weight excluding hydrogens is 344 g/mol. The van der Waals surface area contributed by atoms with Gasteiger partial charge in [0.05, 0.1) is 0 Å². The maximum absolute atomic E-state index is 12.7. The summed E-state index contributed by atoms with van der Waals surface area (Å²) in [6.07, 6.45) is 5.72. The fourth-order valence-electron chi connectivity index (χ4n) is 3.80. The molecule has 0 aliphatic carbocycles. The molecule has 1 unspecified atom stereocenters. The second kappa shape index (κ2) is 7.08. The van der Waals surface area contributed by atoms with Crippen LogP contribution in [0.25, 0.3) is 10.9 Å². The quantitative estimate of drug-likeness (QED) is 0.764. The molecule has 0 radical (unpaired) electrons. The van der Waals surface area contributed by atoms with E-state index in [2.05, 4.69) is 29.4 Å². The number of carbonyl (C=O) groups excluding carboxylic acids is 1. The number of hydrogen-bond donors (Lipinski definition) is 1. The number of fused-ring (bicyclic) bond motifs is 1. The molecule has 1 atom stereocenters. The number of aromatic nitrogens is 1. The van der Waals surface area contributed by atoms with E-state index in [1.165, 1.54) is 16.5 Å². The van der Waals surface area contributed by atoms with E-state index in [1.54, 1.807) is 30.5 Å². The Hall–Kier alpha value is -2.40. The van der Waals surface area contributed by atoms with E-state index >= 15 is 0 Å². The molecule has 5 heteroatoms. The van der Waals surface area contributed by atoms with Gasteiger partial charge in [-0.05, 0) is 54.7 Å². The fraction of sp³-hybridized carbons (Fsp3) is 0.286. The first-order valence-corrected chi connectivity index (χ1v) is 10.5. The Bertz CT molecular complexity index is 954. The van der Waals surface area contributed by atoms with Gasteiger partial charge < -0.3 is 9.88 Å². The lowest BCUT2D eigenvalue weighted by Crippen LogP contribution is -2.37. The zero-order valence-electron chi connectivity index (χ0n) is 14.8. The van der Waals surface area contributed by atoms with Gasteiger partial charge in [-0.2, -0.15) is 0 Å². The van der Waals surface area contributed by atoms with Crippen LogP contribution < -0.4 is 0 Å². The van der Waals surface area contributed by atoms with E-state index in [1.807, 2.05) is 11.0 Å². The number of hydrogen-bond acceptors (Lipinski definition) is 2. The number of likely N-dealkylation sites (tertiary alicyclic amines) is 1. The summed E-state index contributed by atoms with van der Waals surface area (Å²) in [5.41, 5.74) is 3.21. The third-order valence-electron chi connectivity index (χ3n) is 5.28. The van der Waals surface area contributed by atoms with Crippen LogP contribution in [-0.2, 0) is 10.8 Å². The number of nitrogens with one attached hydrogen (secondary N) is 1. The van der Waals surface area contributed by atoms with Crippen molar-refractivity contribution in [3.63, 3.8) is 0 Å². The van der Waals surface area contributed by atoms with Gasteiger partial charge in [-0.25, -0.2) is 0 Å². The van der Waals surface area contributed by atoms with Gasteiger partial charge in [-0.3, -0.25) is 9.00 Å². The molecule has 1 aliphatic rings. The number of H-pyrrole nitrogens is 1. The van der Waals surface area contributed by atoms with Gasteiger partial charge in [0.1, 0.15) is 0 Å². The Morgan fingerprint density at radius 1 is 1.08 bits per heavy atom. The normalized spacial score (nSPS) is 16.7. The Kier molecular flexibility index (Phi) is 4.64. The molecule has 134 valence electrons. The van der Waals surface area contributed by atoms with Crippen molar-refractivity contribution in [2.45, 2.75) is 23.7 Å². The van der Waals surface area contributed by atoms with Crippen LogP contribution in [0.4, 0.5) is 0 Å². The molecule has 1 aromatic heterocycles. The first-order chi connectivity index (χ1) is 12.6. The Labute approximate surface area is 155 Å². The molecule has 2 heterocycles. The number of piperidine rings is 1. The number of benzene rings is 2. The van der Waals surface area contributed by atoms with Crippen LogP contribution in [0, 0.1) is 0 Å². The highest BCUT2D eigenvalue weighted by Gasteiger charge is 2.26. The minimum atomic E-state index is -1.02. The smallest absolute Gasteiger partial charge is 0.253 e. The average molecular weight is 366 g/mol. The van der Waals surface area contributed by atoms with Gasteiger partial charge in [-0.1, -0.05) is 18.2 Å². The van der Waals surface area contributed by atoms with Crippen molar-refractivity contribution in [1.82, 2.24) is 9.88 Å². The molecule has 4 rings (SSSR count). The summed E-state index contributed by atoms with van der Waals surface area (Å²) in [6.45, 7) is 1.54. The zero-order chi connectivity index (χ0) is 18.1. The molecule has 1 fully saturated rings. The third kappa shape index (κ3) is 3.19. The van der Waals surface area contributed by atoms with Crippen LogP contribution in [0.1, 0.15) is 34.7 Å². The first kappa shape index (κ1) is 17.0. The summed E-state index contributed by atoms with van der Waals surface area (Å²) in [5, 5.41) is 1.29. The van der Waals surface area contributed by atoms with Gasteiger partial charge in [0.15, 0.2) is 0 Å². The lowest BCUT2D eigenvalue weighted by Gasteiger charge is -2.32. The van der Waals surface area contributed by atoms with E-state index in [4.69, 9.17) is 0 Å². The SMILES string of the molecule is CS(=O)c1ccc(C(=O)N2CCC(c3c[nH]c4ccccc34)CC2)cc1. The predicted molar refractivity (Wildman–Crippen MR) is 105 cm³/mol. The zero-order valence-corrected chi connectivity index (χ0v) is 15.6. The Morgan fingerprint density at radius 2 is 1.77 bits per heavy atom. The minimum Gasteiger partial charge on any atom is -0.361 e. The average Bonchev–Trinajstić information content (AvgIpc) is 3.12. The molecule has 1 saturated heterocycles. The van der Waals surface area contributed by atoms with Crippen molar-refractivity contribution in [2.24, 2.45) is 0 Å². The highest BCUT2D eigenvalue weighted by Crippen LogP contribution is 2.33. The highest BCUT2D eigenvalue weighted by molar-refractivity contribution is 7.84. The van der Waals surface area contributed by atoms with Gasteiger partial charge in [0, 0.05) is 57.7 Å². The molecule has 1 N–H and O–H groups in total. The Morgan fingerprint density at radius 3 is 2.46 bits per heavy atom. The van der Waals surface area contributed by atoms with Crippen molar-refractivity contribution >= 4 is 27.6 Å². The second-order valence-corrected chi connectivity index (χ2v) is 8.21. The number of nitrogens with zero attached hydrogens (tertiary/aromatic N) is 1. The van der Waals surface area contributed by atoms with Crippen molar-refractivity contribution < 1.29 is 9.00 Å². The van der Waals surface area contributed by atoms with Crippen molar-refractivity contribution in [2.75, 3.05) is 19.3 Å². The molecule has 0 saturated carbocycles. The summed E-state index contributed by atoms with van der Waals surface area (Å²) < 4.78 is 11.5. The van der Waals surface area contributed by atoms with Crippen LogP contribution in [0.3, 0.4) is 0 Å². The topological polar surface area (TPSA) is 53.2 Å². The minimum absolute atomic E-state index is 0.0656. The molecule has 3 aromatic rings. The Balaban J connectivity index is 1.44. The van der Waals surface area contributed by atoms with Crippen LogP contribution in [0.5, 0.6) is 0 Å². The maximum Gasteiger partial charge on any atom is 0.253 e. The largest absolute Gasteiger partial charge is 0.361 e. The molecule has 26 heavy (non-hydrogen) atoms. The maximum atomic E-state index is 12.7. The highest BCUT2D eigenvalue weighted by atomic mass is 32.2. The molecule has 0 spiro atoms. The summed E-state index contributed by atoms with van der Waals surface area (Å²) in [4.78, 5) is 18.8.